The molecule has 0 bridgehead atoms. The molecule has 0 aromatic rings. The molecule has 19 heteroatoms. The van der Waals surface area contributed by atoms with Gasteiger partial charge in [-0.3, -0.25) is 4.79 Å². The van der Waals surface area contributed by atoms with Crippen molar-refractivity contribution in [3.8, 4) is 0 Å². The van der Waals surface area contributed by atoms with Crippen molar-refractivity contribution in [2.24, 2.45) is 0 Å². The molecule has 0 aromatic heterocycles. The van der Waals surface area contributed by atoms with Gasteiger partial charge in [-0.15, -0.1) is 0 Å². The molecular formula is C62H117NO18. The van der Waals surface area contributed by atoms with E-state index in [-0.39, 0.29) is 18.9 Å². The molecule has 17 atom stereocenters. The monoisotopic (exact) mass is 1160 g/mol. The average molecular weight is 1160 g/mol. The number of unbranched alkanes of at least 4 members (excludes halogenated alkanes) is 33. The van der Waals surface area contributed by atoms with Crippen LogP contribution in [0.5, 0.6) is 0 Å². The summed E-state index contributed by atoms with van der Waals surface area (Å²) < 4.78 is 34.0. The smallest absolute Gasteiger partial charge is 0.220 e. The first-order valence-corrected chi connectivity index (χ1v) is 32.4. The molecule has 3 aliphatic heterocycles. The molecular weight excluding hydrogens is 1050 g/mol. The molecule has 0 aromatic carbocycles. The standard InChI is InChI=1S/C62H117NO18/c1-3-5-7-9-10-11-12-13-14-15-16-17-18-19-20-21-22-23-24-25-26-27-28-29-30-31-32-33-34-35-36-38-40-50(68)63-45(46(67)39-37-8-6-4-2)44-76-60-56(74)53(71)58(48(42-65)78-60)81-62-57(75)54(72)59(49(43-66)79-62)80-61-55(73)52(70)51(69)47(41-64)77-61/h37,39,45-49,51-62,64-67,69-75H,3-36,38,40-44H2,1-2H3,(H,63,68)/b39-37+. The zero-order valence-corrected chi connectivity index (χ0v) is 50.0. The number of aliphatic hydroxyl groups is 11. The third-order valence-electron chi connectivity index (χ3n) is 16.6. The number of carbonyl (C=O) groups is 1. The van der Waals surface area contributed by atoms with Crippen molar-refractivity contribution in [1.29, 1.82) is 0 Å². The summed E-state index contributed by atoms with van der Waals surface area (Å²) in [5.74, 6) is -0.280. The molecule has 1 amide bonds. The number of amides is 1. The fraction of sp³-hybridized carbons (Fsp3) is 0.952. The average Bonchev–Trinajstić information content (AvgIpc) is 3.52. The van der Waals surface area contributed by atoms with Gasteiger partial charge in [0.1, 0.15) is 73.2 Å². The Hall–Kier alpha value is -1.47. The molecule has 0 aliphatic carbocycles. The van der Waals surface area contributed by atoms with E-state index in [0.717, 1.165) is 32.1 Å². The van der Waals surface area contributed by atoms with Gasteiger partial charge < -0.3 is 89.9 Å². The second-order valence-corrected chi connectivity index (χ2v) is 23.6. The van der Waals surface area contributed by atoms with Crippen LogP contribution in [0.15, 0.2) is 12.2 Å². The first kappa shape index (κ1) is 73.8. The van der Waals surface area contributed by atoms with Gasteiger partial charge in [0.05, 0.1) is 38.6 Å². The summed E-state index contributed by atoms with van der Waals surface area (Å²) in [7, 11) is 0. The highest BCUT2D eigenvalue weighted by Gasteiger charge is 2.53. The highest BCUT2D eigenvalue weighted by Crippen LogP contribution is 2.33. The lowest BCUT2D eigenvalue weighted by atomic mass is 9.96. The van der Waals surface area contributed by atoms with Gasteiger partial charge in [-0.25, -0.2) is 0 Å². The summed E-state index contributed by atoms with van der Waals surface area (Å²) in [6.45, 7) is 1.57. The molecule has 3 heterocycles. The molecule has 0 saturated carbocycles. The molecule has 3 fully saturated rings. The highest BCUT2D eigenvalue weighted by molar-refractivity contribution is 5.76. The van der Waals surface area contributed by atoms with Gasteiger partial charge in [-0.05, 0) is 12.8 Å². The van der Waals surface area contributed by atoms with E-state index in [9.17, 15) is 61.0 Å². The number of nitrogens with one attached hydrogen (secondary N) is 1. The van der Waals surface area contributed by atoms with Crippen molar-refractivity contribution < 1.29 is 89.4 Å². The Morgan fingerprint density at radius 2 is 0.765 bits per heavy atom. The fourth-order valence-electron chi connectivity index (χ4n) is 11.2. The van der Waals surface area contributed by atoms with Crippen molar-refractivity contribution in [2.75, 3.05) is 26.4 Å². The number of ether oxygens (including phenoxy) is 6. The van der Waals surface area contributed by atoms with Crippen LogP contribution in [0.2, 0.25) is 0 Å². The molecule has 12 N–H and O–H groups in total. The van der Waals surface area contributed by atoms with Crippen molar-refractivity contribution in [1.82, 2.24) is 5.32 Å². The molecule has 3 aliphatic rings. The summed E-state index contributed by atoms with van der Waals surface area (Å²) in [4.78, 5) is 13.2. The van der Waals surface area contributed by atoms with Crippen LogP contribution >= 0.6 is 0 Å². The van der Waals surface area contributed by atoms with Crippen LogP contribution < -0.4 is 5.32 Å². The molecule has 0 spiro atoms. The van der Waals surface area contributed by atoms with Crippen LogP contribution in [0.4, 0.5) is 0 Å². The lowest BCUT2D eigenvalue weighted by Crippen LogP contribution is -2.66. The van der Waals surface area contributed by atoms with Crippen LogP contribution in [0.25, 0.3) is 0 Å². The van der Waals surface area contributed by atoms with E-state index in [2.05, 4.69) is 12.2 Å². The van der Waals surface area contributed by atoms with Gasteiger partial charge in [0.15, 0.2) is 18.9 Å². The maximum absolute atomic E-state index is 13.2. The van der Waals surface area contributed by atoms with Crippen molar-refractivity contribution >= 4 is 5.91 Å². The van der Waals surface area contributed by atoms with Crippen LogP contribution in [-0.4, -0.2) is 193 Å². The molecule has 81 heavy (non-hydrogen) atoms. The van der Waals surface area contributed by atoms with Gasteiger partial charge in [-0.1, -0.05) is 238 Å². The maximum atomic E-state index is 13.2. The number of aliphatic hydroxyl groups excluding tert-OH is 11. The predicted molar refractivity (Wildman–Crippen MR) is 310 cm³/mol. The molecule has 19 nitrogen and oxygen atoms in total. The van der Waals surface area contributed by atoms with E-state index in [1.807, 2.05) is 13.0 Å². The van der Waals surface area contributed by atoms with E-state index >= 15 is 0 Å². The fourth-order valence-corrected chi connectivity index (χ4v) is 11.2. The van der Waals surface area contributed by atoms with Crippen molar-refractivity contribution in [3.05, 3.63) is 12.2 Å². The normalized spacial score (nSPS) is 29.8. The lowest BCUT2D eigenvalue weighted by Gasteiger charge is -2.48. The molecule has 17 unspecified atom stereocenters. The largest absolute Gasteiger partial charge is 0.394 e. The van der Waals surface area contributed by atoms with Crippen LogP contribution in [0.3, 0.4) is 0 Å². The molecule has 3 saturated heterocycles. The third kappa shape index (κ3) is 29.2. The SMILES string of the molecule is CCCC/C=C/C(O)C(COC1OC(CO)C(OC2OC(CO)C(OC3OC(CO)C(O)C(O)C3O)C(O)C2O)C(O)C1O)NC(=O)CCCCCCCCCCCCCCCCCCCCCCCCCCCCCCCCCC. The number of carbonyl (C=O) groups excluding carboxylic acids is 1. The Morgan fingerprint density at radius 3 is 1.15 bits per heavy atom. The highest BCUT2D eigenvalue weighted by atomic mass is 16.8. The molecule has 3 rings (SSSR count). The minimum Gasteiger partial charge on any atom is -0.394 e. The van der Waals surface area contributed by atoms with Gasteiger partial charge in [0.2, 0.25) is 5.91 Å². The number of hydrogen-bond acceptors (Lipinski definition) is 18. The summed E-state index contributed by atoms with van der Waals surface area (Å²) >= 11 is 0. The first-order valence-electron chi connectivity index (χ1n) is 32.4. The summed E-state index contributed by atoms with van der Waals surface area (Å²) in [6, 6.07) is -0.964. The second-order valence-electron chi connectivity index (χ2n) is 23.6. The summed E-state index contributed by atoms with van der Waals surface area (Å²) in [6.07, 6.45) is 22.0. The first-order chi connectivity index (χ1) is 39.3. The van der Waals surface area contributed by atoms with Crippen molar-refractivity contribution in [3.63, 3.8) is 0 Å². The lowest BCUT2D eigenvalue weighted by molar-refractivity contribution is -0.379. The minimum atomic E-state index is -1.97. The Balaban J connectivity index is 1.26. The minimum absolute atomic E-state index is 0.247. The van der Waals surface area contributed by atoms with Gasteiger partial charge >= 0.3 is 0 Å². The maximum Gasteiger partial charge on any atom is 0.220 e. The third-order valence-corrected chi connectivity index (χ3v) is 16.6. The van der Waals surface area contributed by atoms with Gasteiger partial charge in [0.25, 0.3) is 0 Å². The van der Waals surface area contributed by atoms with E-state index in [4.69, 9.17) is 28.4 Å². The van der Waals surface area contributed by atoms with Crippen LogP contribution in [-0.2, 0) is 33.2 Å². The zero-order chi connectivity index (χ0) is 59.0. The Labute approximate surface area is 486 Å². The van der Waals surface area contributed by atoms with E-state index < -0.39 is 124 Å². The Morgan fingerprint density at radius 1 is 0.432 bits per heavy atom. The number of hydrogen-bond donors (Lipinski definition) is 12. The van der Waals surface area contributed by atoms with E-state index in [1.54, 1.807) is 6.08 Å². The van der Waals surface area contributed by atoms with E-state index in [1.165, 1.54) is 180 Å². The second kappa shape index (κ2) is 45.8. The van der Waals surface area contributed by atoms with Gasteiger partial charge in [0, 0.05) is 6.42 Å². The van der Waals surface area contributed by atoms with Gasteiger partial charge in [-0.2, -0.15) is 0 Å². The number of rotatable bonds is 49. The quantitative estimate of drug-likeness (QED) is 0.0217. The van der Waals surface area contributed by atoms with Crippen molar-refractivity contribution in [2.45, 2.75) is 349 Å². The van der Waals surface area contributed by atoms with Crippen LogP contribution in [0.1, 0.15) is 245 Å². The number of allylic oxidation sites excluding steroid dienone is 1. The predicted octanol–water partition coefficient (Wildman–Crippen LogP) is 6.94. The molecule has 0 radical (unpaired) electrons. The van der Waals surface area contributed by atoms with Crippen LogP contribution in [0, 0.1) is 0 Å². The Kier molecular flexibility index (Phi) is 41.7. The zero-order valence-electron chi connectivity index (χ0n) is 50.0. The summed E-state index contributed by atoms with van der Waals surface area (Å²) in [5, 5.41) is 119. The van der Waals surface area contributed by atoms with E-state index in [0.29, 0.717) is 12.8 Å². The topological polar surface area (TPSA) is 307 Å². The summed E-state index contributed by atoms with van der Waals surface area (Å²) in [5.41, 5.74) is 0. The molecule has 478 valence electrons. The Bertz CT molecular complexity index is 1530.